The number of carbonyl (C=O) groups excluding carboxylic acids is 2. The van der Waals surface area contributed by atoms with Gasteiger partial charge in [-0.1, -0.05) is 0 Å². The standard InChI is InChI=1S/C3H5N2O3/c4-2(6)1-3(7)5-8/h1,8H,(H2,4,6)(H,5,7). The maximum absolute atomic E-state index is 9.90. The van der Waals surface area contributed by atoms with E-state index in [4.69, 9.17) is 5.21 Å². The summed E-state index contributed by atoms with van der Waals surface area (Å²) in [5, 5.41) is 7.75. The van der Waals surface area contributed by atoms with Crippen LogP contribution in [0, 0.1) is 6.42 Å². The Bertz CT molecular complexity index is 111. The van der Waals surface area contributed by atoms with Crippen LogP contribution in [-0.2, 0) is 9.59 Å². The molecule has 0 saturated carbocycles. The topological polar surface area (TPSA) is 92.4 Å². The van der Waals surface area contributed by atoms with Crippen molar-refractivity contribution in [3.05, 3.63) is 6.42 Å². The Morgan fingerprint density at radius 1 is 1.62 bits per heavy atom. The molecule has 2 amide bonds. The molecular formula is C3H5N2O3. The van der Waals surface area contributed by atoms with Gasteiger partial charge in [-0.2, -0.15) is 0 Å². The number of nitrogens with two attached hydrogens (primary N) is 1. The highest BCUT2D eigenvalue weighted by Crippen LogP contribution is 1.69. The second-order valence-corrected chi connectivity index (χ2v) is 1.02. The Balaban J connectivity index is 3.40. The molecular weight excluding hydrogens is 112 g/mol. The number of carbonyl (C=O) groups is 2. The number of nitrogens with one attached hydrogen (secondary N) is 1. The first kappa shape index (κ1) is 6.90. The van der Waals surface area contributed by atoms with E-state index in [0.717, 1.165) is 0 Å². The van der Waals surface area contributed by atoms with Gasteiger partial charge in [-0.25, -0.2) is 5.48 Å². The van der Waals surface area contributed by atoms with Crippen LogP contribution in [0.25, 0.3) is 0 Å². The van der Waals surface area contributed by atoms with Crippen molar-refractivity contribution in [2.24, 2.45) is 5.73 Å². The Kier molecular flexibility index (Phi) is 2.57. The maximum Gasteiger partial charge on any atom is 0.257 e. The molecule has 45 valence electrons. The van der Waals surface area contributed by atoms with Gasteiger partial charge in [0.2, 0.25) is 5.91 Å². The predicted molar refractivity (Wildman–Crippen MR) is 23.4 cm³/mol. The first-order valence-corrected chi connectivity index (χ1v) is 1.75. The summed E-state index contributed by atoms with van der Waals surface area (Å²) in [6.45, 7) is 0. The number of hydrogen-bond donors (Lipinski definition) is 3. The molecule has 4 N–H and O–H groups in total. The Hall–Kier alpha value is -1.10. The van der Waals surface area contributed by atoms with Crippen LogP contribution in [0.3, 0.4) is 0 Å². The molecule has 0 fully saturated rings. The van der Waals surface area contributed by atoms with E-state index in [1.165, 1.54) is 5.48 Å². The lowest BCUT2D eigenvalue weighted by Gasteiger charge is -1.89. The first-order chi connectivity index (χ1) is 3.66. The zero-order valence-electron chi connectivity index (χ0n) is 3.92. The minimum absolute atomic E-state index is 0.528. The molecule has 0 bridgehead atoms. The number of primary amides is 1. The third kappa shape index (κ3) is 3.10. The second-order valence-electron chi connectivity index (χ2n) is 1.02. The van der Waals surface area contributed by atoms with E-state index in [0.29, 0.717) is 6.42 Å². The van der Waals surface area contributed by atoms with Crippen molar-refractivity contribution < 1.29 is 14.8 Å². The zero-order valence-corrected chi connectivity index (χ0v) is 3.92. The van der Waals surface area contributed by atoms with Gasteiger partial charge in [-0.05, 0) is 0 Å². The molecule has 8 heavy (non-hydrogen) atoms. The van der Waals surface area contributed by atoms with Gasteiger partial charge in [-0.15, -0.1) is 0 Å². The van der Waals surface area contributed by atoms with Crippen LogP contribution in [0.2, 0.25) is 0 Å². The number of rotatable bonds is 2. The molecule has 0 aromatic heterocycles. The average molecular weight is 117 g/mol. The van der Waals surface area contributed by atoms with Gasteiger partial charge >= 0.3 is 0 Å². The van der Waals surface area contributed by atoms with E-state index in [-0.39, 0.29) is 0 Å². The van der Waals surface area contributed by atoms with E-state index in [1.54, 1.807) is 0 Å². The van der Waals surface area contributed by atoms with E-state index in [2.05, 4.69) is 5.73 Å². The third-order valence-corrected chi connectivity index (χ3v) is 0.384. The van der Waals surface area contributed by atoms with Crippen LogP contribution >= 0.6 is 0 Å². The SMILES string of the molecule is NC(=O)[CH]C(=O)NO. The normalized spacial score (nSPS) is 8.12. The number of hydroxylamine groups is 1. The van der Waals surface area contributed by atoms with Crippen LogP contribution in [0.1, 0.15) is 0 Å². The quantitative estimate of drug-likeness (QED) is 0.226. The fraction of sp³-hybridized carbons (Fsp3) is 0. The minimum Gasteiger partial charge on any atom is -0.369 e. The fourth-order valence-electron chi connectivity index (χ4n) is 0.161. The van der Waals surface area contributed by atoms with Crippen LogP contribution < -0.4 is 11.2 Å². The van der Waals surface area contributed by atoms with Crippen molar-refractivity contribution in [1.29, 1.82) is 0 Å². The molecule has 0 unspecified atom stereocenters. The van der Waals surface area contributed by atoms with Gasteiger partial charge < -0.3 is 5.73 Å². The fourth-order valence-corrected chi connectivity index (χ4v) is 0.161. The van der Waals surface area contributed by atoms with E-state index < -0.39 is 11.8 Å². The Morgan fingerprint density at radius 2 is 2.12 bits per heavy atom. The van der Waals surface area contributed by atoms with Crippen LogP contribution in [0.15, 0.2) is 0 Å². The summed E-state index contributed by atoms with van der Waals surface area (Å²) in [5.41, 5.74) is 5.70. The highest BCUT2D eigenvalue weighted by molar-refractivity contribution is 6.07. The molecule has 0 aliphatic rings. The monoisotopic (exact) mass is 117 g/mol. The summed E-state index contributed by atoms with van der Waals surface area (Å²) in [4.78, 5) is 19.7. The third-order valence-electron chi connectivity index (χ3n) is 0.384. The lowest BCUT2D eigenvalue weighted by atomic mass is 10.4. The lowest BCUT2D eigenvalue weighted by molar-refractivity contribution is -0.128. The highest BCUT2D eigenvalue weighted by Gasteiger charge is 2.02. The number of amides is 2. The summed E-state index contributed by atoms with van der Waals surface area (Å²) in [5.74, 6) is -1.81. The maximum atomic E-state index is 9.90. The molecule has 1 radical (unpaired) electrons. The van der Waals surface area contributed by atoms with Crippen LogP contribution in [0.5, 0.6) is 0 Å². The molecule has 0 aliphatic heterocycles. The lowest BCUT2D eigenvalue weighted by Crippen LogP contribution is -2.26. The summed E-state index contributed by atoms with van der Waals surface area (Å²) in [6.07, 6.45) is 0.528. The van der Waals surface area contributed by atoms with Gasteiger partial charge in [0.1, 0.15) is 6.42 Å². The van der Waals surface area contributed by atoms with E-state index in [9.17, 15) is 9.59 Å². The smallest absolute Gasteiger partial charge is 0.257 e. The van der Waals surface area contributed by atoms with Crippen LogP contribution in [-0.4, -0.2) is 17.0 Å². The summed E-state index contributed by atoms with van der Waals surface area (Å²) in [6, 6.07) is 0. The summed E-state index contributed by atoms with van der Waals surface area (Å²) >= 11 is 0. The first-order valence-electron chi connectivity index (χ1n) is 1.75. The molecule has 0 spiro atoms. The summed E-state index contributed by atoms with van der Waals surface area (Å²) in [7, 11) is 0. The van der Waals surface area contributed by atoms with Crippen molar-refractivity contribution >= 4 is 11.8 Å². The molecule has 0 saturated heterocycles. The average Bonchev–Trinajstić information content (AvgIpc) is 1.65. The van der Waals surface area contributed by atoms with Crippen LogP contribution in [0.4, 0.5) is 0 Å². The van der Waals surface area contributed by atoms with E-state index >= 15 is 0 Å². The zero-order chi connectivity index (χ0) is 6.57. The van der Waals surface area contributed by atoms with Crippen molar-refractivity contribution in [3.8, 4) is 0 Å². The molecule has 5 heteroatoms. The molecule has 0 aromatic rings. The summed E-state index contributed by atoms with van der Waals surface area (Å²) < 4.78 is 0. The van der Waals surface area contributed by atoms with Crippen molar-refractivity contribution in [2.75, 3.05) is 0 Å². The van der Waals surface area contributed by atoms with Crippen molar-refractivity contribution in [2.45, 2.75) is 0 Å². The molecule has 0 heterocycles. The largest absolute Gasteiger partial charge is 0.369 e. The van der Waals surface area contributed by atoms with Crippen molar-refractivity contribution in [1.82, 2.24) is 5.48 Å². The van der Waals surface area contributed by atoms with Crippen molar-refractivity contribution in [3.63, 3.8) is 0 Å². The highest BCUT2D eigenvalue weighted by atomic mass is 16.5. The van der Waals surface area contributed by atoms with Gasteiger partial charge in [0.15, 0.2) is 0 Å². The second kappa shape index (κ2) is 2.98. The van der Waals surface area contributed by atoms with Gasteiger partial charge in [-0.3, -0.25) is 14.8 Å². The Labute approximate surface area is 45.4 Å². The van der Waals surface area contributed by atoms with Gasteiger partial charge in [0, 0.05) is 0 Å². The van der Waals surface area contributed by atoms with Gasteiger partial charge in [0.25, 0.3) is 5.91 Å². The Morgan fingerprint density at radius 3 is 2.25 bits per heavy atom. The van der Waals surface area contributed by atoms with E-state index in [1.807, 2.05) is 0 Å². The van der Waals surface area contributed by atoms with Gasteiger partial charge in [0.05, 0.1) is 0 Å². The minimum atomic E-state index is -0.919. The molecule has 0 aromatic carbocycles. The molecule has 0 rings (SSSR count). The molecule has 0 aliphatic carbocycles. The molecule has 5 nitrogen and oxygen atoms in total. The predicted octanol–water partition coefficient (Wildman–Crippen LogP) is -1.82. The number of hydrogen-bond acceptors (Lipinski definition) is 3. The molecule has 0 atom stereocenters.